The molecule has 0 aliphatic carbocycles. The van der Waals surface area contributed by atoms with Crippen LogP contribution < -0.4 is 0 Å². The van der Waals surface area contributed by atoms with Gasteiger partial charge in [-0.25, -0.2) is 0 Å². The Morgan fingerprint density at radius 3 is 2.48 bits per heavy atom. The number of likely N-dealkylation sites (N-methyl/N-ethyl adjacent to an activating group) is 1. The first-order valence-corrected chi connectivity index (χ1v) is 8.70. The first-order chi connectivity index (χ1) is 11.8. The maximum Gasteiger partial charge on any atom is 0.416 e. The summed E-state index contributed by atoms with van der Waals surface area (Å²) in [6, 6.07) is 5.68. The number of carbonyl (C=O) groups excluding carboxylic acids is 1. The van der Waals surface area contributed by atoms with Gasteiger partial charge in [0.05, 0.1) is 12.0 Å². The molecule has 1 atom stereocenters. The van der Waals surface area contributed by atoms with E-state index in [9.17, 15) is 18.0 Å². The molecule has 0 saturated carbocycles. The van der Waals surface area contributed by atoms with Crippen molar-refractivity contribution in [2.45, 2.75) is 25.1 Å². The average molecular weight is 355 g/mol. The highest BCUT2D eigenvalue weighted by molar-refractivity contribution is 5.79. The summed E-state index contributed by atoms with van der Waals surface area (Å²) in [6.45, 7) is 5.26. The maximum atomic E-state index is 13.1. The van der Waals surface area contributed by atoms with Crippen molar-refractivity contribution < 1.29 is 18.0 Å². The molecule has 0 N–H and O–H groups in total. The zero-order valence-corrected chi connectivity index (χ0v) is 14.4. The van der Waals surface area contributed by atoms with Crippen molar-refractivity contribution in [1.29, 1.82) is 0 Å². The number of halogens is 3. The van der Waals surface area contributed by atoms with Gasteiger partial charge in [-0.3, -0.25) is 9.69 Å². The quantitative estimate of drug-likeness (QED) is 0.831. The Balaban J connectivity index is 1.60. The molecule has 2 aliphatic rings. The second-order valence-electron chi connectivity index (χ2n) is 6.95. The second-order valence-corrected chi connectivity index (χ2v) is 6.95. The van der Waals surface area contributed by atoms with Crippen molar-refractivity contribution in [3.05, 3.63) is 35.4 Å². The number of hydrogen-bond donors (Lipinski definition) is 0. The van der Waals surface area contributed by atoms with Gasteiger partial charge in [0.15, 0.2) is 0 Å². The number of alkyl halides is 3. The fourth-order valence-corrected chi connectivity index (χ4v) is 3.68. The number of amides is 1. The van der Waals surface area contributed by atoms with E-state index in [1.54, 1.807) is 11.0 Å². The van der Waals surface area contributed by atoms with Gasteiger partial charge in [-0.15, -0.1) is 0 Å². The second kappa shape index (κ2) is 7.33. The molecule has 2 fully saturated rings. The minimum absolute atomic E-state index is 0.0584. The van der Waals surface area contributed by atoms with E-state index in [1.165, 1.54) is 12.1 Å². The van der Waals surface area contributed by atoms with E-state index in [0.29, 0.717) is 19.1 Å². The lowest BCUT2D eigenvalue weighted by Gasteiger charge is -2.36. The van der Waals surface area contributed by atoms with Gasteiger partial charge in [0.1, 0.15) is 0 Å². The highest BCUT2D eigenvalue weighted by Gasteiger charge is 2.35. The highest BCUT2D eigenvalue weighted by Crippen LogP contribution is 2.32. The predicted molar refractivity (Wildman–Crippen MR) is 89.2 cm³/mol. The third-order valence-electron chi connectivity index (χ3n) is 5.23. The summed E-state index contributed by atoms with van der Waals surface area (Å²) < 4.78 is 39.2. The van der Waals surface area contributed by atoms with Gasteiger partial charge < -0.3 is 9.80 Å². The minimum atomic E-state index is -4.43. The first-order valence-electron chi connectivity index (χ1n) is 8.70. The third kappa shape index (κ3) is 4.33. The molecule has 1 aromatic carbocycles. The van der Waals surface area contributed by atoms with Gasteiger partial charge in [-0.05, 0) is 25.1 Å². The van der Waals surface area contributed by atoms with Gasteiger partial charge in [0, 0.05) is 45.3 Å². The Kier molecular flexibility index (Phi) is 5.34. The lowest BCUT2D eigenvalue weighted by atomic mass is 10.0. The minimum Gasteiger partial charge on any atom is -0.341 e. The summed E-state index contributed by atoms with van der Waals surface area (Å²) in [5.74, 6) is -0.215. The van der Waals surface area contributed by atoms with Crippen molar-refractivity contribution in [2.75, 3.05) is 46.3 Å². The summed E-state index contributed by atoms with van der Waals surface area (Å²) in [5, 5.41) is 0. The summed E-state index contributed by atoms with van der Waals surface area (Å²) in [6.07, 6.45) is -3.72. The summed E-state index contributed by atoms with van der Waals surface area (Å²) in [4.78, 5) is 18.9. The first kappa shape index (κ1) is 18.2. The molecule has 3 rings (SSSR count). The van der Waals surface area contributed by atoms with Crippen molar-refractivity contribution in [3.8, 4) is 0 Å². The van der Waals surface area contributed by atoms with Crippen LogP contribution in [0.15, 0.2) is 24.3 Å². The van der Waals surface area contributed by atoms with E-state index in [2.05, 4.69) is 16.8 Å². The summed E-state index contributed by atoms with van der Waals surface area (Å²) in [7, 11) is 2.10. The topological polar surface area (TPSA) is 26.8 Å². The van der Waals surface area contributed by atoms with Crippen molar-refractivity contribution >= 4 is 5.91 Å². The number of carbonyl (C=O) groups is 1. The maximum absolute atomic E-state index is 13.1. The van der Waals surface area contributed by atoms with Gasteiger partial charge in [-0.2, -0.15) is 13.2 Å². The van der Waals surface area contributed by atoms with Crippen molar-refractivity contribution in [3.63, 3.8) is 0 Å². The van der Waals surface area contributed by atoms with Crippen LogP contribution in [-0.2, 0) is 17.4 Å². The lowest BCUT2D eigenvalue weighted by molar-refractivity contribution is -0.138. The van der Waals surface area contributed by atoms with E-state index >= 15 is 0 Å². The highest BCUT2D eigenvalue weighted by atomic mass is 19.4. The Morgan fingerprint density at radius 1 is 1.12 bits per heavy atom. The van der Waals surface area contributed by atoms with Gasteiger partial charge in [0.2, 0.25) is 5.91 Å². The third-order valence-corrected chi connectivity index (χ3v) is 5.23. The Morgan fingerprint density at radius 2 is 1.80 bits per heavy atom. The Labute approximate surface area is 146 Å². The molecule has 2 heterocycles. The van der Waals surface area contributed by atoms with Crippen LogP contribution in [0.1, 0.15) is 17.5 Å². The van der Waals surface area contributed by atoms with Crippen LogP contribution in [0.3, 0.4) is 0 Å². The number of likely N-dealkylation sites (tertiary alicyclic amines) is 1. The van der Waals surface area contributed by atoms with Crippen LogP contribution in [0.4, 0.5) is 13.2 Å². The molecule has 7 heteroatoms. The van der Waals surface area contributed by atoms with Gasteiger partial charge in [0.25, 0.3) is 0 Å². The van der Waals surface area contributed by atoms with Crippen LogP contribution in [0.5, 0.6) is 0 Å². The zero-order chi connectivity index (χ0) is 18.0. The monoisotopic (exact) mass is 355 g/mol. The molecule has 0 aromatic heterocycles. The molecule has 0 bridgehead atoms. The number of piperazine rings is 1. The molecule has 2 aliphatic heterocycles. The Hall–Kier alpha value is -1.60. The van der Waals surface area contributed by atoms with Crippen LogP contribution >= 0.6 is 0 Å². The summed E-state index contributed by atoms with van der Waals surface area (Å²) in [5.41, 5.74) is -0.652. The zero-order valence-electron chi connectivity index (χ0n) is 14.4. The largest absolute Gasteiger partial charge is 0.416 e. The van der Waals surface area contributed by atoms with Gasteiger partial charge >= 0.3 is 6.18 Å². The number of rotatable bonds is 3. The molecule has 1 amide bonds. The van der Waals surface area contributed by atoms with Crippen molar-refractivity contribution in [1.82, 2.24) is 14.7 Å². The predicted octanol–water partition coefficient (Wildman–Crippen LogP) is 2.10. The molecule has 4 nitrogen and oxygen atoms in total. The fourth-order valence-electron chi connectivity index (χ4n) is 3.68. The van der Waals surface area contributed by atoms with E-state index in [0.717, 1.165) is 38.7 Å². The molecule has 0 radical (unpaired) electrons. The number of hydrogen-bond acceptors (Lipinski definition) is 3. The van der Waals surface area contributed by atoms with Crippen LogP contribution in [-0.4, -0.2) is 73.0 Å². The molecular formula is C18H24F3N3O. The number of benzene rings is 1. The van der Waals surface area contributed by atoms with E-state index in [-0.39, 0.29) is 17.9 Å². The van der Waals surface area contributed by atoms with Crippen LogP contribution in [0, 0.1) is 0 Å². The Bertz CT molecular complexity index is 612. The molecule has 138 valence electrons. The molecule has 25 heavy (non-hydrogen) atoms. The molecule has 1 aromatic rings. The van der Waals surface area contributed by atoms with Crippen LogP contribution in [0.2, 0.25) is 0 Å². The molecular weight excluding hydrogens is 331 g/mol. The normalized spacial score (nSPS) is 23.2. The molecule has 0 spiro atoms. The molecule has 2 saturated heterocycles. The fraction of sp³-hybridized carbons (Fsp3) is 0.611. The van der Waals surface area contributed by atoms with Crippen LogP contribution in [0.25, 0.3) is 0 Å². The van der Waals surface area contributed by atoms with E-state index in [1.807, 2.05) is 0 Å². The van der Waals surface area contributed by atoms with Gasteiger partial charge in [-0.1, -0.05) is 18.2 Å². The summed E-state index contributed by atoms with van der Waals surface area (Å²) >= 11 is 0. The SMILES string of the molecule is CN1CCN([C@H]2CCN(C(=O)Cc3ccccc3C(F)(F)F)C2)CC1. The average Bonchev–Trinajstić information content (AvgIpc) is 3.05. The lowest BCUT2D eigenvalue weighted by Crippen LogP contribution is -2.50. The van der Waals surface area contributed by atoms with E-state index in [4.69, 9.17) is 0 Å². The molecule has 0 unspecified atom stereocenters. The number of nitrogens with zero attached hydrogens (tertiary/aromatic N) is 3. The van der Waals surface area contributed by atoms with Crippen molar-refractivity contribution in [2.24, 2.45) is 0 Å². The van der Waals surface area contributed by atoms with E-state index < -0.39 is 11.7 Å². The smallest absolute Gasteiger partial charge is 0.341 e. The standard InChI is InChI=1S/C18H24F3N3O/c1-22-8-10-23(11-9-22)15-6-7-24(13-15)17(25)12-14-4-2-3-5-16(14)18(19,20)21/h2-5,15H,6-13H2,1H3/t15-/m0/s1.